The van der Waals surface area contributed by atoms with Crippen LogP contribution in [0.15, 0.2) is 72.9 Å². The second-order valence-corrected chi connectivity index (χ2v) is 12.3. The van der Waals surface area contributed by atoms with Gasteiger partial charge in [-0.15, -0.1) is 0 Å². The van der Waals surface area contributed by atoms with Crippen molar-refractivity contribution in [1.82, 2.24) is 0 Å². The van der Waals surface area contributed by atoms with Gasteiger partial charge in [0.1, 0.15) is 6.10 Å². The molecule has 5 heteroatoms. The largest absolute Gasteiger partial charge is 0.448 e. The Hall–Kier alpha value is -2.50. The fourth-order valence-corrected chi connectivity index (χ4v) is 5.12. The SMILES string of the molecule is CCCCCCCCCC=CC=CC=CC=CC=CC=CC(=O)OC(C(=O)CCCCCCCCCCCCCCC)C(O)CO. The molecule has 2 atom stereocenters. The number of aliphatic hydroxyl groups excluding tert-OH is 2. The first kappa shape index (κ1) is 43.5. The molecular formula is C41H68O5. The molecule has 0 heterocycles. The summed E-state index contributed by atoms with van der Waals surface area (Å²) in [7, 11) is 0. The van der Waals surface area contributed by atoms with Gasteiger partial charge in [-0.3, -0.25) is 4.79 Å². The van der Waals surface area contributed by atoms with Crippen LogP contribution < -0.4 is 0 Å². The summed E-state index contributed by atoms with van der Waals surface area (Å²) in [5, 5.41) is 19.4. The Labute approximate surface area is 282 Å². The molecule has 0 bridgehead atoms. The van der Waals surface area contributed by atoms with E-state index in [-0.39, 0.29) is 12.2 Å². The Morgan fingerprint density at radius 3 is 1.39 bits per heavy atom. The summed E-state index contributed by atoms with van der Waals surface area (Å²) in [6.45, 7) is 3.85. The van der Waals surface area contributed by atoms with E-state index in [4.69, 9.17) is 4.74 Å². The predicted octanol–water partition coefficient (Wildman–Crippen LogP) is 10.8. The smallest absolute Gasteiger partial charge is 0.331 e. The minimum absolute atomic E-state index is 0.222. The molecule has 0 rings (SSSR count). The summed E-state index contributed by atoms with van der Waals surface area (Å²) in [6, 6.07) is 0. The molecule has 0 aromatic heterocycles. The molecule has 2 unspecified atom stereocenters. The Kier molecular flexibility index (Phi) is 33.4. The number of allylic oxidation sites excluding steroid dienone is 11. The molecule has 0 saturated carbocycles. The molecule has 2 N–H and O–H groups in total. The van der Waals surface area contributed by atoms with E-state index in [9.17, 15) is 19.8 Å². The van der Waals surface area contributed by atoms with Gasteiger partial charge in [0.25, 0.3) is 0 Å². The summed E-state index contributed by atoms with van der Waals surface area (Å²) in [6.07, 6.45) is 45.8. The van der Waals surface area contributed by atoms with Crippen LogP contribution in [0.3, 0.4) is 0 Å². The van der Waals surface area contributed by atoms with Gasteiger partial charge in [-0.1, -0.05) is 196 Å². The monoisotopic (exact) mass is 641 g/mol. The van der Waals surface area contributed by atoms with Crippen molar-refractivity contribution in [3.8, 4) is 0 Å². The van der Waals surface area contributed by atoms with E-state index >= 15 is 0 Å². The van der Waals surface area contributed by atoms with E-state index < -0.39 is 24.8 Å². The molecule has 0 spiro atoms. The van der Waals surface area contributed by atoms with Gasteiger partial charge >= 0.3 is 5.97 Å². The maximum atomic E-state index is 12.6. The minimum Gasteiger partial charge on any atom is -0.448 e. The third-order valence-corrected chi connectivity index (χ3v) is 7.97. The van der Waals surface area contributed by atoms with Crippen LogP contribution in [0.1, 0.15) is 155 Å². The molecule has 0 aliphatic heterocycles. The zero-order valence-corrected chi connectivity index (χ0v) is 29.5. The number of ketones is 1. The molecule has 0 aliphatic rings. The second kappa shape index (κ2) is 35.4. The number of carbonyl (C=O) groups is 2. The number of aliphatic hydroxyl groups is 2. The Balaban J connectivity index is 4.13. The number of esters is 1. The summed E-state index contributed by atoms with van der Waals surface area (Å²) in [5.41, 5.74) is 0. The fraction of sp³-hybridized carbons (Fsp3) is 0.659. The van der Waals surface area contributed by atoms with Crippen molar-refractivity contribution in [2.45, 2.75) is 167 Å². The highest BCUT2D eigenvalue weighted by molar-refractivity contribution is 5.89. The molecule has 262 valence electrons. The molecular weight excluding hydrogens is 572 g/mol. The van der Waals surface area contributed by atoms with Gasteiger partial charge in [-0.25, -0.2) is 4.79 Å². The van der Waals surface area contributed by atoms with Gasteiger partial charge in [-0.2, -0.15) is 0 Å². The molecule has 0 saturated heterocycles. The van der Waals surface area contributed by atoms with Crippen LogP contribution in [-0.2, 0) is 14.3 Å². The van der Waals surface area contributed by atoms with Crippen LogP contribution in [0.25, 0.3) is 0 Å². The van der Waals surface area contributed by atoms with Crippen LogP contribution >= 0.6 is 0 Å². The third-order valence-electron chi connectivity index (χ3n) is 7.97. The van der Waals surface area contributed by atoms with E-state index in [0.29, 0.717) is 6.42 Å². The summed E-state index contributed by atoms with van der Waals surface area (Å²) < 4.78 is 5.20. The third kappa shape index (κ3) is 30.2. The summed E-state index contributed by atoms with van der Waals surface area (Å²) >= 11 is 0. The maximum absolute atomic E-state index is 12.6. The minimum atomic E-state index is -1.42. The van der Waals surface area contributed by atoms with Gasteiger partial charge < -0.3 is 14.9 Å². The average Bonchev–Trinajstić information content (AvgIpc) is 3.06. The number of carbonyl (C=O) groups excluding carboxylic acids is 2. The lowest BCUT2D eigenvalue weighted by Crippen LogP contribution is -2.40. The van der Waals surface area contributed by atoms with E-state index in [0.717, 1.165) is 19.3 Å². The molecule has 0 aromatic carbocycles. The van der Waals surface area contributed by atoms with Crippen molar-refractivity contribution in [2.75, 3.05) is 6.61 Å². The van der Waals surface area contributed by atoms with Crippen molar-refractivity contribution in [3.05, 3.63) is 72.9 Å². The van der Waals surface area contributed by atoms with E-state index in [1.54, 1.807) is 12.2 Å². The number of hydrogen-bond acceptors (Lipinski definition) is 5. The summed E-state index contributed by atoms with van der Waals surface area (Å²) in [5.74, 6) is -1.08. The van der Waals surface area contributed by atoms with Crippen LogP contribution in [0.2, 0.25) is 0 Å². The van der Waals surface area contributed by atoms with Crippen LogP contribution in [0.5, 0.6) is 0 Å². The van der Waals surface area contributed by atoms with Gasteiger partial charge in [0.15, 0.2) is 11.9 Å². The topological polar surface area (TPSA) is 83.8 Å². The van der Waals surface area contributed by atoms with Gasteiger partial charge in [0.05, 0.1) is 6.61 Å². The van der Waals surface area contributed by atoms with Crippen molar-refractivity contribution >= 4 is 11.8 Å². The molecule has 0 fully saturated rings. The number of ether oxygens (including phenoxy) is 1. The highest BCUT2D eigenvalue weighted by atomic mass is 16.6. The standard InChI is InChI=1S/C41H68O5/c1-3-5-7-9-11-13-15-17-18-19-20-21-22-24-26-28-30-32-34-36-40(45)46-41(39(44)37-42)38(43)35-33-31-29-27-25-23-16-14-12-10-8-6-4-2/h18-22,24,26,28,30,32,34,36,39,41-42,44H,3-17,23,25,27,29,31,33,35,37H2,1-2H3. The van der Waals surface area contributed by atoms with Crippen molar-refractivity contribution in [3.63, 3.8) is 0 Å². The second-order valence-electron chi connectivity index (χ2n) is 12.3. The maximum Gasteiger partial charge on any atom is 0.331 e. The Bertz CT molecular complexity index is 879. The number of Topliss-reactive ketones (excluding diaryl/α,β-unsaturated/α-hetero) is 1. The number of hydrogen-bond donors (Lipinski definition) is 2. The molecule has 0 aromatic rings. The highest BCUT2D eigenvalue weighted by Gasteiger charge is 2.29. The highest BCUT2D eigenvalue weighted by Crippen LogP contribution is 2.14. The quantitative estimate of drug-likeness (QED) is 0.0331. The molecule has 0 radical (unpaired) electrons. The zero-order valence-electron chi connectivity index (χ0n) is 29.5. The lowest BCUT2D eigenvalue weighted by Gasteiger charge is -2.20. The van der Waals surface area contributed by atoms with Crippen LogP contribution in [-0.4, -0.2) is 40.8 Å². The molecule has 46 heavy (non-hydrogen) atoms. The van der Waals surface area contributed by atoms with E-state index in [1.165, 1.54) is 121 Å². The first-order valence-corrected chi connectivity index (χ1v) is 18.6. The number of rotatable bonds is 32. The average molecular weight is 641 g/mol. The fourth-order valence-electron chi connectivity index (χ4n) is 5.12. The van der Waals surface area contributed by atoms with Crippen molar-refractivity contribution in [2.24, 2.45) is 0 Å². The molecule has 5 nitrogen and oxygen atoms in total. The molecule has 0 aliphatic carbocycles. The normalized spacial score (nSPS) is 13.8. The summed E-state index contributed by atoms with van der Waals surface area (Å²) in [4.78, 5) is 24.8. The lowest BCUT2D eigenvalue weighted by molar-refractivity contribution is -0.159. The van der Waals surface area contributed by atoms with Crippen LogP contribution in [0.4, 0.5) is 0 Å². The number of unbranched alkanes of at least 4 members (excludes halogenated alkanes) is 19. The van der Waals surface area contributed by atoms with Gasteiger partial charge in [-0.05, 0) is 19.3 Å². The Morgan fingerprint density at radius 1 is 0.543 bits per heavy atom. The first-order valence-electron chi connectivity index (χ1n) is 18.6. The predicted molar refractivity (Wildman–Crippen MR) is 196 cm³/mol. The van der Waals surface area contributed by atoms with Crippen LogP contribution in [0, 0.1) is 0 Å². The van der Waals surface area contributed by atoms with E-state index in [2.05, 4.69) is 26.0 Å². The Morgan fingerprint density at radius 2 is 0.935 bits per heavy atom. The molecule has 0 amide bonds. The zero-order chi connectivity index (χ0) is 33.8. The first-order chi connectivity index (χ1) is 22.6. The lowest BCUT2D eigenvalue weighted by atomic mass is 10.0. The van der Waals surface area contributed by atoms with Crippen molar-refractivity contribution in [1.29, 1.82) is 0 Å². The van der Waals surface area contributed by atoms with Crippen molar-refractivity contribution < 1.29 is 24.5 Å². The van der Waals surface area contributed by atoms with E-state index in [1.807, 2.05) is 36.5 Å². The van der Waals surface area contributed by atoms with Gasteiger partial charge in [0.2, 0.25) is 0 Å². The van der Waals surface area contributed by atoms with Gasteiger partial charge in [0, 0.05) is 12.5 Å².